The van der Waals surface area contributed by atoms with Crippen LogP contribution in [0.15, 0.2) is 12.2 Å². The molecule has 0 saturated carbocycles. The average molecular weight is 266 g/mol. The quantitative estimate of drug-likeness (QED) is 0.216. The minimum atomic E-state index is 1.12. The van der Waals surface area contributed by atoms with Crippen LogP contribution >= 0.6 is 0 Å². The molecule has 0 unspecified atom stereocenters. The SMILES string of the molecule is [CH2]CCCCCCCCCCCCCCCC=CC. The summed E-state index contributed by atoms with van der Waals surface area (Å²) >= 11 is 0. The Balaban J connectivity index is 2.91. The fourth-order valence-corrected chi connectivity index (χ4v) is 2.55. The number of rotatable bonds is 15. The molecule has 0 heteroatoms. The van der Waals surface area contributed by atoms with Crippen molar-refractivity contribution < 1.29 is 0 Å². The average Bonchev–Trinajstić information content (AvgIpc) is 2.43. The second-order valence-corrected chi connectivity index (χ2v) is 5.81. The largest absolute Gasteiger partial charge is 0.0917 e. The van der Waals surface area contributed by atoms with E-state index in [1.807, 2.05) is 0 Å². The molecule has 0 aliphatic heterocycles. The summed E-state index contributed by atoms with van der Waals surface area (Å²) in [7, 11) is 0. The van der Waals surface area contributed by atoms with E-state index in [4.69, 9.17) is 0 Å². The van der Waals surface area contributed by atoms with Crippen LogP contribution in [0.5, 0.6) is 0 Å². The lowest BCUT2D eigenvalue weighted by atomic mass is 10.0. The van der Waals surface area contributed by atoms with Crippen molar-refractivity contribution in [2.75, 3.05) is 0 Å². The van der Waals surface area contributed by atoms with E-state index < -0.39 is 0 Å². The van der Waals surface area contributed by atoms with Crippen molar-refractivity contribution >= 4 is 0 Å². The molecule has 1 radical (unpaired) electrons. The third-order valence-electron chi connectivity index (χ3n) is 3.86. The number of unbranched alkanes of at least 4 members (excludes halogenated alkanes) is 14. The van der Waals surface area contributed by atoms with Gasteiger partial charge in [-0.25, -0.2) is 0 Å². The van der Waals surface area contributed by atoms with Crippen LogP contribution in [-0.2, 0) is 0 Å². The molecule has 0 amide bonds. The van der Waals surface area contributed by atoms with Gasteiger partial charge in [0.1, 0.15) is 0 Å². The van der Waals surface area contributed by atoms with Gasteiger partial charge in [0.25, 0.3) is 0 Å². The predicted octanol–water partition coefficient (Wildman–Crippen LogP) is 7.25. The maximum atomic E-state index is 3.89. The van der Waals surface area contributed by atoms with Gasteiger partial charge >= 0.3 is 0 Å². The van der Waals surface area contributed by atoms with Gasteiger partial charge in [-0.05, 0) is 19.8 Å². The van der Waals surface area contributed by atoms with E-state index in [1.54, 1.807) is 0 Å². The van der Waals surface area contributed by atoms with Gasteiger partial charge in [-0.15, -0.1) is 0 Å². The van der Waals surface area contributed by atoms with Crippen molar-refractivity contribution in [3.8, 4) is 0 Å². The lowest BCUT2D eigenvalue weighted by Crippen LogP contribution is -1.83. The summed E-state index contributed by atoms with van der Waals surface area (Å²) in [4.78, 5) is 0. The molecule has 19 heavy (non-hydrogen) atoms. The van der Waals surface area contributed by atoms with Crippen molar-refractivity contribution in [2.45, 2.75) is 103 Å². The molecule has 0 rings (SSSR count). The summed E-state index contributed by atoms with van der Waals surface area (Å²) < 4.78 is 0. The Morgan fingerprint density at radius 1 is 0.579 bits per heavy atom. The van der Waals surface area contributed by atoms with E-state index in [1.165, 1.54) is 89.9 Å². The van der Waals surface area contributed by atoms with Gasteiger partial charge in [0, 0.05) is 0 Å². The van der Waals surface area contributed by atoms with E-state index in [2.05, 4.69) is 26.0 Å². The third kappa shape index (κ3) is 17.7. The monoisotopic (exact) mass is 265 g/mol. The highest BCUT2D eigenvalue weighted by molar-refractivity contribution is 4.76. The van der Waals surface area contributed by atoms with Gasteiger partial charge in [-0.3, -0.25) is 0 Å². The highest BCUT2D eigenvalue weighted by atomic mass is 14.0. The Morgan fingerprint density at radius 3 is 1.32 bits per heavy atom. The second kappa shape index (κ2) is 17.7. The van der Waals surface area contributed by atoms with Crippen LogP contribution in [-0.4, -0.2) is 0 Å². The van der Waals surface area contributed by atoms with Crippen molar-refractivity contribution in [3.05, 3.63) is 19.1 Å². The number of hydrogen-bond acceptors (Lipinski definition) is 0. The molecular formula is C19H37. The molecule has 113 valence electrons. The highest BCUT2D eigenvalue weighted by Crippen LogP contribution is 2.13. The van der Waals surface area contributed by atoms with Crippen molar-refractivity contribution in [2.24, 2.45) is 0 Å². The summed E-state index contributed by atoms with van der Waals surface area (Å²) in [5.41, 5.74) is 0. The summed E-state index contributed by atoms with van der Waals surface area (Å²) in [6.07, 6.45) is 25.5. The minimum absolute atomic E-state index is 1.12. The first-order valence-corrected chi connectivity index (χ1v) is 8.82. The van der Waals surface area contributed by atoms with Crippen molar-refractivity contribution in [1.29, 1.82) is 0 Å². The fourth-order valence-electron chi connectivity index (χ4n) is 2.55. The van der Waals surface area contributed by atoms with Crippen LogP contribution in [0.2, 0.25) is 0 Å². The molecule has 0 spiro atoms. The molecule has 0 aromatic carbocycles. The van der Waals surface area contributed by atoms with Gasteiger partial charge in [-0.1, -0.05) is 103 Å². The normalized spacial score (nSPS) is 11.5. The molecule has 0 N–H and O–H groups in total. The van der Waals surface area contributed by atoms with Crippen LogP contribution in [0, 0.1) is 6.92 Å². The fraction of sp³-hybridized carbons (Fsp3) is 0.842. The first-order valence-electron chi connectivity index (χ1n) is 8.82. The smallest absolute Gasteiger partial charge is 0.0351 e. The molecular weight excluding hydrogens is 228 g/mol. The van der Waals surface area contributed by atoms with Crippen LogP contribution in [0.3, 0.4) is 0 Å². The van der Waals surface area contributed by atoms with Gasteiger partial charge in [-0.2, -0.15) is 0 Å². The lowest BCUT2D eigenvalue weighted by molar-refractivity contribution is 0.538. The lowest BCUT2D eigenvalue weighted by Gasteiger charge is -2.02. The van der Waals surface area contributed by atoms with Crippen molar-refractivity contribution in [3.63, 3.8) is 0 Å². The van der Waals surface area contributed by atoms with Crippen LogP contribution < -0.4 is 0 Å². The van der Waals surface area contributed by atoms with E-state index in [0.717, 1.165) is 6.42 Å². The number of hydrogen-bond donors (Lipinski definition) is 0. The molecule has 0 aliphatic carbocycles. The predicted molar refractivity (Wildman–Crippen MR) is 89.4 cm³/mol. The molecule has 0 aromatic rings. The van der Waals surface area contributed by atoms with Gasteiger partial charge < -0.3 is 0 Å². The zero-order valence-electron chi connectivity index (χ0n) is 13.5. The zero-order valence-corrected chi connectivity index (χ0v) is 13.5. The maximum absolute atomic E-state index is 3.89. The third-order valence-corrected chi connectivity index (χ3v) is 3.86. The van der Waals surface area contributed by atoms with Crippen LogP contribution in [0.25, 0.3) is 0 Å². The minimum Gasteiger partial charge on any atom is -0.0917 e. The highest BCUT2D eigenvalue weighted by Gasteiger charge is 1.93. The second-order valence-electron chi connectivity index (χ2n) is 5.81. The Morgan fingerprint density at radius 2 is 0.947 bits per heavy atom. The van der Waals surface area contributed by atoms with Crippen LogP contribution in [0.1, 0.15) is 103 Å². The molecule has 0 bridgehead atoms. The standard InChI is InChI=1S/C19H37/c1-3-5-7-9-11-13-15-17-19-18-16-14-12-10-8-6-4-2/h4,6H,1,3,5,7-19H2,2H3. The zero-order chi connectivity index (χ0) is 14.0. The van der Waals surface area contributed by atoms with E-state index in [9.17, 15) is 0 Å². The van der Waals surface area contributed by atoms with E-state index >= 15 is 0 Å². The molecule has 0 aliphatic rings. The molecule has 0 heterocycles. The summed E-state index contributed by atoms with van der Waals surface area (Å²) in [6.45, 7) is 6.00. The van der Waals surface area contributed by atoms with Gasteiger partial charge in [0.2, 0.25) is 0 Å². The van der Waals surface area contributed by atoms with E-state index in [0.29, 0.717) is 0 Å². The Hall–Kier alpha value is -0.260. The topological polar surface area (TPSA) is 0 Å². The molecule has 0 saturated heterocycles. The summed E-state index contributed by atoms with van der Waals surface area (Å²) in [6, 6.07) is 0. The first kappa shape index (κ1) is 18.7. The van der Waals surface area contributed by atoms with E-state index in [-0.39, 0.29) is 0 Å². The number of allylic oxidation sites excluding steroid dienone is 2. The van der Waals surface area contributed by atoms with Gasteiger partial charge in [0.05, 0.1) is 0 Å². The Labute approximate surface area is 123 Å². The summed E-state index contributed by atoms with van der Waals surface area (Å²) in [5.74, 6) is 0. The Kier molecular flexibility index (Phi) is 17.5. The first-order chi connectivity index (χ1) is 9.41. The van der Waals surface area contributed by atoms with Crippen molar-refractivity contribution in [1.82, 2.24) is 0 Å². The Bertz CT molecular complexity index is 169. The van der Waals surface area contributed by atoms with Crippen LogP contribution in [0.4, 0.5) is 0 Å². The molecule has 0 nitrogen and oxygen atoms in total. The summed E-state index contributed by atoms with van der Waals surface area (Å²) in [5, 5.41) is 0. The maximum Gasteiger partial charge on any atom is -0.0351 e. The molecule has 0 atom stereocenters. The molecule has 0 aromatic heterocycles. The molecule has 0 fully saturated rings. The van der Waals surface area contributed by atoms with Gasteiger partial charge in [0.15, 0.2) is 0 Å².